The number of carbonyl (C=O) groups excluding carboxylic acids is 12. The van der Waals surface area contributed by atoms with Crippen molar-refractivity contribution in [2.75, 3.05) is 95.8 Å². The van der Waals surface area contributed by atoms with Crippen LogP contribution in [0.15, 0.2) is 54.6 Å². The van der Waals surface area contributed by atoms with Crippen LogP contribution < -0.4 is 16.0 Å². The number of rotatable bonds is 11. The van der Waals surface area contributed by atoms with E-state index in [2.05, 4.69) is 16.0 Å². The number of aryl methyl sites for hydroxylation is 1. The Labute approximate surface area is 620 Å². The van der Waals surface area contributed by atoms with Crippen LogP contribution in [0.2, 0.25) is 5.02 Å². The maximum absolute atomic E-state index is 15.6. The fourth-order valence-electron chi connectivity index (χ4n) is 14.9. The van der Waals surface area contributed by atoms with Gasteiger partial charge >= 0.3 is 12.4 Å². The van der Waals surface area contributed by atoms with Crippen molar-refractivity contribution < 1.29 is 88.6 Å². The maximum Gasteiger partial charge on any atom is 0.417 e. The van der Waals surface area contributed by atoms with Crippen LogP contribution in [0.4, 0.5) is 26.3 Å². The molecule has 9 atom stereocenters. The summed E-state index contributed by atoms with van der Waals surface area (Å²) in [6, 6.07) is -4.62. The molecule has 2 bridgehead atoms. The number of benzene rings is 2. The van der Waals surface area contributed by atoms with Crippen molar-refractivity contribution in [3.63, 3.8) is 0 Å². The number of hydrogen-bond acceptors (Lipinski definition) is 13. The third-order valence-electron chi connectivity index (χ3n) is 21.4. The van der Waals surface area contributed by atoms with E-state index < -0.39 is 198 Å². The molecule has 2 saturated heterocycles. The zero-order valence-electron chi connectivity index (χ0n) is 62.6. The van der Waals surface area contributed by atoms with Gasteiger partial charge in [0, 0.05) is 75.9 Å². The molecular weight excluding hydrogens is 1410 g/mol. The summed E-state index contributed by atoms with van der Waals surface area (Å²) in [6.07, 6.45) is -3.97. The Morgan fingerprint density at radius 2 is 1.29 bits per heavy atom. The first kappa shape index (κ1) is 84.9. The molecule has 2 aromatic carbocycles. The first-order valence-electron chi connectivity index (χ1n) is 36.3. The van der Waals surface area contributed by atoms with Gasteiger partial charge in [-0.05, 0) is 111 Å². The molecule has 4 fully saturated rings. The standard InChI is InChI=1S/C74H103ClF6N12O13/c1-13-45(4)61-69(103)87(8)42-60(96)89(10)57-43-106-36-19-18-34-93(68(57)102)56(39-47-24-28-49(29-25-47)73(76,77)78)67(101)86(7)41-58(94)82-52(31-27-46-26-30-50(51(75)38-46)74(79,80)81)65(99)92-35-20-23-53(92)64(98)84-72(32-16-17-33-72)71(105)91(12)62(48-21-14-15-22-48)70(104)90(11)55(66(100)85(5)6)40-59(95)88(9)54(37-44(2)3)63(97)83-61/h18-19,24-26,28-30,38,44-45,48,52-57,61-62H,13-17,20-23,27,31-37,39-43H2,1-12H3,(H,82,94)(H,83,97)(H,84,98)/b19-18-/t45-,52-,53-,54-,55-,56-,57-,61-,62-/m0/s1. The molecule has 12 amide bonds. The highest BCUT2D eigenvalue weighted by molar-refractivity contribution is 6.31. The average molecular weight is 1520 g/mol. The highest BCUT2D eigenvalue weighted by Crippen LogP contribution is 2.39. The van der Waals surface area contributed by atoms with Crippen LogP contribution in [-0.2, 0) is 87.5 Å². The number of halogens is 7. The van der Waals surface area contributed by atoms with Gasteiger partial charge in [-0.1, -0.05) is 102 Å². The van der Waals surface area contributed by atoms with E-state index in [4.69, 9.17) is 16.3 Å². The molecule has 2 aliphatic carbocycles. The lowest BCUT2D eigenvalue weighted by Crippen LogP contribution is -2.65. The molecule has 2 aromatic rings. The van der Waals surface area contributed by atoms with E-state index in [0.717, 1.165) is 71.9 Å². The van der Waals surface area contributed by atoms with Crippen LogP contribution in [0.5, 0.6) is 0 Å². The number of likely N-dealkylation sites (N-methyl/N-ethyl adjacent to an activating group) is 7. The lowest BCUT2D eigenvalue weighted by atomic mass is 9.90. The number of nitrogens with one attached hydrogen (secondary N) is 3. The summed E-state index contributed by atoms with van der Waals surface area (Å²) in [5, 5.41) is 7.87. The third kappa shape index (κ3) is 20.7. The van der Waals surface area contributed by atoms with Gasteiger partial charge in [-0.3, -0.25) is 57.5 Å². The van der Waals surface area contributed by atoms with Crippen molar-refractivity contribution in [1.82, 2.24) is 60.0 Å². The van der Waals surface area contributed by atoms with Crippen molar-refractivity contribution >= 4 is 82.5 Å². The summed E-state index contributed by atoms with van der Waals surface area (Å²) < 4.78 is 89.6. The highest BCUT2D eigenvalue weighted by atomic mass is 35.5. The normalized spacial score (nSPS) is 25.9. The minimum atomic E-state index is -4.82. The second-order valence-corrected chi connectivity index (χ2v) is 30.0. The fraction of sp³-hybridized carbons (Fsp3) is 0.649. The van der Waals surface area contributed by atoms with Gasteiger partial charge in [-0.2, -0.15) is 26.3 Å². The zero-order valence-corrected chi connectivity index (χ0v) is 63.3. The monoisotopic (exact) mass is 1520 g/mol. The van der Waals surface area contributed by atoms with Crippen molar-refractivity contribution in [1.29, 1.82) is 0 Å². The van der Waals surface area contributed by atoms with Crippen molar-refractivity contribution in [2.45, 2.75) is 197 Å². The molecule has 586 valence electrons. The van der Waals surface area contributed by atoms with E-state index in [1.165, 1.54) is 83.2 Å². The third-order valence-corrected chi connectivity index (χ3v) is 21.7. The molecule has 3 aliphatic heterocycles. The Bertz CT molecular complexity index is 3570. The molecule has 0 radical (unpaired) electrons. The molecule has 106 heavy (non-hydrogen) atoms. The predicted octanol–water partition coefficient (Wildman–Crippen LogP) is 5.73. The molecule has 32 heteroatoms. The van der Waals surface area contributed by atoms with Crippen LogP contribution >= 0.6 is 11.6 Å². The molecule has 3 N–H and O–H groups in total. The fourth-order valence-corrected chi connectivity index (χ4v) is 15.2. The van der Waals surface area contributed by atoms with Crippen LogP contribution in [0.3, 0.4) is 0 Å². The number of nitrogens with zero attached hydrogens (tertiary/aromatic N) is 9. The van der Waals surface area contributed by atoms with E-state index in [0.29, 0.717) is 44.9 Å². The van der Waals surface area contributed by atoms with Gasteiger partial charge < -0.3 is 64.8 Å². The average Bonchev–Trinajstić information content (AvgIpc) is 1.53. The molecule has 3 heterocycles. The summed E-state index contributed by atoms with van der Waals surface area (Å²) in [4.78, 5) is 191. The summed E-state index contributed by atoms with van der Waals surface area (Å²) in [7, 11) is 10.8. The first-order chi connectivity index (χ1) is 49.7. The van der Waals surface area contributed by atoms with E-state index in [-0.39, 0.29) is 81.7 Å². The molecule has 5 aliphatic rings. The van der Waals surface area contributed by atoms with E-state index in [9.17, 15) is 55.1 Å². The van der Waals surface area contributed by atoms with Gasteiger partial charge in [0.05, 0.1) is 48.9 Å². The van der Waals surface area contributed by atoms with Gasteiger partial charge in [-0.25, -0.2) is 0 Å². The maximum atomic E-state index is 15.6. The Kier molecular flexibility index (Phi) is 29.2. The highest BCUT2D eigenvalue weighted by Gasteiger charge is 2.52. The molecule has 1 spiro atoms. The summed E-state index contributed by atoms with van der Waals surface area (Å²) >= 11 is 6.15. The van der Waals surface area contributed by atoms with Crippen molar-refractivity contribution in [3.8, 4) is 0 Å². The topological polar surface area (TPSA) is 279 Å². The smallest absolute Gasteiger partial charge is 0.375 e. The molecule has 0 aromatic heterocycles. The second kappa shape index (κ2) is 36.5. The quantitative estimate of drug-likeness (QED) is 0.179. The second-order valence-electron chi connectivity index (χ2n) is 29.6. The zero-order chi connectivity index (χ0) is 78.6. The summed E-state index contributed by atoms with van der Waals surface area (Å²) in [6.45, 7) is 4.52. The lowest BCUT2D eigenvalue weighted by molar-refractivity contribution is -0.156. The lowest BCUT2D eigenvalue weighted by Gasteiger charge is -2.42. The Morgan fingerprint density at radius 1 is 0.660 bits per heavy atom. The minimum absolute atomic E-state index is 0.0530. The largest absolute Gasteiger partial charge is 0.417 e. The Hall–Kier alpha value is -8.35. The van der Waals surface area contributed by atoms with Gasteiger partial charge in [0.1, 0.15) is 53.9 Å². The molecule has 25 nitrogen and oxygen atoms in total. The van der Waals surface area contributed by atoms with Crippen LogP contribution in [0, 0.1) is 17.8 Å². The Balaban J connectivity index is 1.34. The number of alkyl halides is 6. The molecular formula is C74H103ClF6N12O13. The molecule has 2 saturated carbocycles. The van der Waals surface area contributed by atoms with Crippen LogP contribution in [0.1, 0.15) is 140 Å². The molecule has 0 unspecified atom stereocenters. The number of ether oxygens (including phenoxy) is 1. The number of fused-ring (bicyclic) bond motifs is 3. The number of carbonyl (C=O) groups is 12. The van der Waals surface area contributed by atoms with E-state index in [1.54, 1.807) is 13.8 Å². The van der Waals surface area contributed by atoms with Crippen LogP contribution in [-0.4, -0.2) is 265 Å². The van der Waals surface area contributed by atoms with Gasteiger partial charge in [0.25, 0.3) is 0 Å². The van der Waals surface area contributed by atoms with Crippen molar-refractivity contribution in [2.24, 2.45) is 17.8 Å². The molecule has 7 rings (SSSR count). The van der Waals surface area contributed by atoms with Crippen LogP contribution in [0.25, 0.3) is 0 Å². The minimum Gasteiger partial charge on any atom is -0.375 e. The summed E-state index contributed by atoms with van der Waals surface area (Å²) in [5.41, 5.74) is -3.46. The van der Waals surface area contributed by atoms with Gasteiger partial charge in [-0.15, -0.1) is 0 Å². The van der Waals surface area contributed by atoms with E-state index >= 15 is 28.8 Å². The number of amides is 12. The van der Waals surface area contributed by atoms with E-state index in [1.807, 2.05) is 13.8 Å². The summed E-state index contributed by atoms with van der Waals surface area (Å²) in [5.74, 6) is -10.7. The predicted molar refractivity (Wildman–Crippen MR) is 379 cm³/mol. The first-order valence-corrected chi connectivity index (χ1v) is 36.6. The van der Waals surface area contributed by atoms with Gasteiger partial charge in [0.15, 0.2) is 0 Å². The van der Waals surface area contributed by atoms with Gasteiger partial charge in [0.2, 0.25) is 70.9 Å². The number of hydrogen-bond donors (Lipinski definition) is 3. The van der Waals surface area contributed by atoms with Crippen molar-refractivity contribution in [3.05, 3.63) is 81.9 Å². The SMILES string of the molecule is CC[C@H](C)[C@@H]1NC(=O)[C@H](CC(C)C)N(C)C(=O)C[C@@H](C(=O)N(C)C)N(C)C(=O)[C@H](C2CCCC2)N(C)C(=O)C2(CCCC2)NC(=O)[C@@H]2CCCN2C(=O)[C@H](CCc2ccc(C(F)(F)F)c(Cl)c2)NC(=O)CN(C)C(=O)[C@H](Cc2ccc(C(F)(F)F)cc2)N2C/C=C\COC[C@@H](C2=O)N(C)C(=O)CN(C)C1=O. The Morgan fingerprint density at radius 3 is 1.89 bits per heavy atom.